The summed E-state index contributed by atoms with van der Waals surface area (Å²) in [5, 5.41) is 14.0. The first-order chi connectivity index (χ1) is 9.11. The van der Waals surface area contributed by atoms with Gasteiger partial charge in [0.15, 0.2) is 5.75 Å². The molecule has 0 aliphatic carbocycles. The second-order valence-electron chi connectivity index (χ2n) is 3.83. The number of nitrogens with one attached hydrogen (secondary N) is 1. The highest BCUT2D eigenvalue weighted by Gasteiger charge is 2.20. The summed E-state index contributed by atoms with van der Waals surface area (Å²) in [4.78, 5) is 14.6. The molecule has 2 aromatic rings. The Hall–Kier alpha value is -2.57. The number of para-hydroxylation sites is 1. The molecule has 1 heterocycles. The summed E-state index contributed by atoms with van der Waals surface area (Å²) in [7, 11) is 1.39. The molecule has 2 rings (SSSR count). The number of methoxy groups -OCH3 is 1. The van der Waals surface area contributed by atoms with Crippen LogP contribution in [0.25, 0.3) is 0 Å². The van der Waals surface area contributed by atoms with Crippen LogP contribution in [0.1, 0.15) is 11.7 Å². The Labute approximate surface area is 109 Å². The minimum Gasteiger partial charge on any atom is -0.490 e. The van der Waals surface area contributed by atoms with E-state index in [0.717, 1.165) is 0 Å². The van der Waals surface area contributed by atoms with Crippen LogP contribution in [0.3, 0.4) is 0 Å². The second kappa shape index (κ2) is 5.38. The van der Waals surface area contributed by atoms with Gasteiger partial charge in [0, 0.05) is 0 Å². The SMILES string of the molecule is COc1cccc(NCc2ncc(C)o2)c1[N+](=O)[O-]. The molecule has 0 saturated heterocycles. The summed E-state index contributed by atoms with van der Waals surface area (Å²) in [5.74, 6) is 1.37. The zero-order valence-corrected chi connectivity index (χ0v) is 10.5. The first-order valence-electron chi connectivity index (χ1n) is 5.58. The van der Waals surface area contributed by atoms with Crippen LogP contribution in [0.4, 0.5) is 11.4 Å². The highest BCUT2D eigenvalue weighted by Crippen LogP contribution is 2.34. The minimum absolute atomic E-state index is 0.103. The lowest BCUT2D eigenvalue weighted by molar-refractivity contribution is -0.384. The summed E-state index contributed by atoms with van der Waals surface area (Å²) in [6.45, 7) is 2.05. The second-order valence-corrected chi connectivity index (χ2v) is 3.83. The third kappa shape index (κ3) is 2.82. The van der Waals surface area contributed by atoms with Gasteiger partial charge in [0.25, 0.3) is 0 Å². The number of oxazole rings is 1. The van der Waals surface area contributed by atoms with Crippen molar-refractivity contribution in [2.45, 2.75) is 13.5 Å². The number of ether oxygens (including phenoxy) is 1. The predicted molar refractivity (Wildman–Crippen MR) is 68.2 cm³/mol. The molecule has 0 fully saturated rings. The van der Waals surface area contributed by atoms with E-state index in [1.54, 1.807) is 31.3 Å². The standard InChI is InChI=1S/C12H13N3O4/c1-8-6-14-11(19-8)7-13-9-4-3-5-10(18-2)12(9)15(16)17/h3-6,13H,7H2,1-2H3. The molecule has 0 saturated carbocycles. The van der Waals surface area contributed by atoms with Crippen molar-refractivity contribution >= 4 is 11.4 Å². The Morgan fingerprint density at radius 2 is 2.32 bits per heavy atom. The number of aryl methyl sites for hydroxylation is 1. The summed E-state index contributed by atoms with van der Waals surface area (Å²) in [6.07, 6.45) is 1.59. The van der Waals surface area contributed by atoms with Gasteiger partial charge in [-0.25, -0.2) is 4.98 Å². The molecule has 7 heteroatoms. The first-order valence-corrected chi connectivity index (χ1v) is 5.58. The Morgan fingerprint density at radius 1 is 1.53 bits per heavy atom. The molecule has 1 aromatic heterocycles. The van der Waals surface area contributed by atoms with Crippen molar-refractivity contribution < 1.29 is 14.1 Å². The molecule has 0 amide bonds. The van der Waals surface area contributed by atoms with Crippen LogP contribution in [0.2, 0.25) is 0 Å². The number of hydrogen-bond acceptors (Lipinski definition) is 6. The summed E-state index contributed by atoms with van der Waals surface area (Å²) < 4.78 is 10.3. The zero-order valence-electron chi connectivity index (χ0n) is 10.5. The Balaban J connectivity index is 2.22. The number of rotatable bonds is 5. The molecule has 7 nitrogen and oxygen atoms in total. The van der Waals surface area contributed by atoms with E-state index >= 15 is 0 Å². The average Bonchev–Trinajstić information content (AvgIpc) is 2.81. The van der Waals surface area contributed by atoms with Crippen LogP contribution >= 0.6 is 0 Å². The van der Waals surface area contributed by atoms with Crippen molar-refractivity contribution in [2.24, 2.45) is 0 Å². The zero-order chi connectivity index (χ0) is 13.8. The molecule has 1 N–H and O–H groups in total. The molecule has 0 aliphatic heterocycles. The van der Waals surface area contributed by atoms with Gasteiger partial charge in [-0.3, -0.25) is 10.1 Å². The fraction of sp³-hybridized carbons (Fsp3) is 0.250. The maximum Gasteiger partial charge on any atom is 0.333 e. The van der Waals surface area contributed by atoms with Gasteiger partial charge in [-0.1, -0.05) is 6.07 Å². The number of hydrogen-bond donors (Lipinski definition) is 1. The van der Waals surface area contributed by atoms with Crippen LogP contribution < -0.4 is 10.1 Å². The van der Waals surface area contributed by atoms with Crippen LogP contribution in [0, 0.1) is 17.0 Å². The molecule has 19 heavy (non-hydrogen) atoms. The summed E-state index contributed by atoms with van der Waals surface area (Å²) in [6, 6.07) is 4.82. The maximum atomic E-state index is 11.1. The normalized spacial score (nSPS) is 10.2. The van der Waals surface area contributed by atoms with Crippen LogP contribution in [-0.2, 0) is 6.54 Å². The van der Waals surface area contributed by atoms with E-state index in [1.807, 2.05) is 0 Å². The van der Waals surface area contributed by atoms with Gasteiger partial charge < -0.3 is 14.5 Å². The molecule has 0 unspecified atom stereocenters. The monoisotopic (exact) mass is 263 g/mol. The minimum atomic E-state index is -0.484. The van der Waals surface area contributed by atoms with Gasteiger partial charge in [-0.2, -0.15) is 0 Å². The van der Waals surface area contributed by atoms with Gasteiger partial charge in [0.05, 0.1) is 24.8 Å². The molecule has 0 spiro atoms. The fourth-order valence-corrected chi connectivity index (χ4v) is 1.67. The summed E-state index contributed by atoms with van der Waals surface area (Å²) in [5.41, 5.74) is 0.258. The molecular formula is C12H13N3O4. The van der Waals surface area contributed by atoms with Crippen LogP contribution in [0.15, 0.2) is 28.8 Å². The van der Waals surface area contributed by atoms with Crippen molar-refractivity contribution in [3.63, 3.8) is 0 Å². The largest absolute Gasteiger partial charge is 0.490 e. The van der Waals surface area contributed by atoms with E-state index in [9.17, 15) is 10.1 Å². The fourth-order valence-electron chi connectivity index (χ4n) is 1.67. The Morgan fingerprint density at radius 3 is 2.89 bits per heavy atom. The molecule has 0 aliphatic rings. The molecule has 0 atom stereocenters. The van der Waals surface area contributed by atoms with Crippen molar-refractivity contribution in [1.82, 2.24) is 4.98 Å². The van der Waals surface area contributed by atoms with E-state index in [1.165, 1.54) is 7.11 Å². The van der Waals surface area contributed by atoms with Gasteiger partial charge in [0.2, 0.25) is 5.89 Å². The number of anilines is 1. The molecule has 1 aromatic carbocycles. The Kier molecular flexibility index (Phi) is 3.65. The van der Waals surface area contributed by atoms with Gasteiger partial charge in [0.1, 0.15) is 11.4 Å². The lowest BCUT2D eigenvalue weighted by atomic mass is 10.2. The number of nitrogens with zero attached hydrogens (tertiary/aromatic N) is 2. The van der Waals surface area contributed by atoms with Crippen molar-refractivity contribution in [3.8, 4) is 5.75 Å². The smallest absolute Gasteiger partial charge is 0.333 e. The maximum absolute atomic E-state index is 11.1. The quantitative estimate of drug-likeness (QED) is 0.658. The third-order valence-electron chi connectivity index (χ3n) is 2.50. The van der Waals surface area contributed by atoms with Crippen molar-refractivity contribution in [1.29, 1.82) is 0 Å². The molecule has 0 bridgehead atoms. The van der Waals surface area contributed by atoms with E-state index in [-0.39, 0.29) is 18.0 Å². The van der Waals surface area contributed by atoms with Crippen LogP contribution in [-0.4, -0.2) is 17.0 Å². The predicted octanol–water partition coefficient (Wildman–Crippen LogP) is 2.51. The van der Waals surface area contributed by atoms with Gasteiger partial charge in [-0.05, 0) is 19.1 Å². The highest BCUT2D eigenvalue weighted by molar-refractivity contribution is 5.68. The molecular weight excluding hydrogens is 250 g/mol. The number of aromatic nitrogens is 1. The molecule has 0 radical (unpaired) electrons. The third-order valence-corrected chi connectivity index (χ3v) is 2.50. The first kappa shape index (κ1) is 12.9. The number of benzene rings is 1. The van der Waals surface area contributed by atoms with Crippen molar-refractivity contribution in [3.05, 3.63) is 46.2 Å². The number of nitro benzene ring substituents is 1. The molecule has 100 valence electrons. The topological polar surface area (TPSA) is 90.4 Å². The van der Waals surface area contributed by atoms with Crippen LogP contribution in [0.5, 0.6) is 5.75 Å². The van der Waals surface area contributed by atoms with E-state index < -0.39 is 4.92 Å². The van der Waals surface area contributed by atoms with E-state index in [0.29, 0.717) is 17.3 Å². The van der Waals surface area contributed by atoms with Gasteiger partial charge >= 0.3 is 5.69 Å². The lowest BCUT2D eigenvalue weighted by Gasteiger charge is -2.07. The van der Waals surface area contributed by atoms with E-state index in [4.69, 9.17) is 9.15 Å². The lowest BCUT2D eigenvalue weighted by Crippen LogP contribution is -2.04. The van der Waals surface area contributed by atoms with Gasteiger partial charge in [-0.15, -0.1) is 0 Å². The Bertz CT molecular complexity index is 594. The average molecular weight is 263 g/mol. The highest BCUT2D eigenvalue weighted by atomic mass is 16.6. The number of nitro groups is 1. The van der Waals surface area contributed by atoms with E-state index in [2.05, 4.69) is 10.3 Å². The van der Waals surface area contributed by atoms with Crippen molar-refractivity contribution in [2.75, 3.05) is 12.4 Å². The summed E-state index contributed by atoms with van der Waals surface area (Å²) >= 11 is 0.